The third-order valence-electron chi connectivity index (χ3n) is 3.57. The molecule has 0 radical (unpaired) electrons. The Bertz CT molecular complexity index is 151. The normalized spacial score (nSPS) is 31.6. The molecule has 0 N–H and O–H groups in total. The van der Waals surface area contributed by atoms with Crippen LogP contribution in [0.15, 0.2) is 0 Å². The van der Waals surface area contributed by atoms with Crippen molar-refractivity contribution < 1.29 is 0 Å². The van der Waals surface area contributed by atoms with Gasteiger partial charge in [-0.15, -0.1) is 0 Å². The van der Waals surface area contributed by atoms with Crippen molar-refractivity contribution in [2.75, 3.05) is 6.54 Å². The summed E-state index contributed by atoms with van der Waals surface area (Å²) < 4.78 is 0. The van der Waals surface area contributed by atoms with E-state index in [1.807, 2.05) is 0 Å². The van der Waals surface area contributed by atoms with Crippen LogP contribution in [0, 0.1) is 11.8 Å². The average molecular weight is 183 g/mol. The lowest BCUT2D eigenvalue weighted by Gasteiger charge is -2.42. The van der Waals surface area contributed by atoms with Crippen LogP contribution in [-0.4, -0.2) is 23.5 Å². The molecule has 1 heteroatoms. The summed E-state index contributed by atoms with van der Waals surface area (Å²) in [7, 11) is 0. The van der Waals surface area contributed by atoms with Gasteiger partial charge in [0.25, 0.3) is 0 Å². The predicted octanol–water partition coefficient (Wildman–Crippen LogP) is 3.15. The van der Waals surface area contributed by atoms with Crippen LogP contribution >= 0.6 is 0 Å². The van der Waals surface area contributed by atoms with Crippen LogP contribution in [0.2, 0.25) is 0 Å². The summed E-state index contributed by atoms with van der Waals surface area (Å²) in [6, 6.07) is 1.52. The number of hydrogen-bond acceptors (Lipinski definition) is 1. The van der Waals surface area contributed by atoms with Crippen molar-refractivity contribution in [3.63, 3.8) is 0 Å². The van der Waals surface area contributed by atoms with E-state index in [0.29, 0.717) is 0 Å². The van der Waals surface area contributed by atoms with Gasteiger partial charge >= 0.3 is 0 Å². The van der Waals surface area contributed by atoms with Crippen molar-refractivity contribution in [1.29, 1.82) is 0 Å². The molecule has 0 aromatic rings. The monoisotopic (exact) mass is 183 g/mol. The minimum atomic E-state index is 0.719. The quantitative estimate of drug-likeness (QED) is 0.635. The molecule has 0 saturated carbocycles. The topological polar surface area (TPSA) is 3.24 Å². The maximum atomic E-state index is 2.66. The minimum absolute atomic E-state index is 0.719. The fourth-order valence-corrected chi connectivity index (χ4v) is 2.43. The first-order chi connectivity index (χ1) is 6.02. The zero-order valence-electron chi connectivity index (χ0n) is 9.88. The van der Waals surface area contributed by atoms with Gasteiger partial charge in [0, 0.05) is 18.6 Å². The van der Waals surface area contributed by atoms with E-state index in [-0.39, 0.29) is 0 Å². The molecule has 0 aliphatic carbocycles. The molecule has 1 heterocycles. The lowest BCUT2D eigenvalue weighted by molar-refractivity contribution is 0.0691. The Morgan fingerprint density at radius 2 is 1.69 bits per heavy atom. The Labute approximate surface area is 83.5 Å². The van der Waals surface area contributed by atoms with E-state index in [1.165, 1.54) is 19.4 Å². The largest absolute Gasteiger partial charge is 0.298 e. The van der Waals surface area contributed by atoms with Crippen LogP contribution in [-0.2, 0) is 0 Å². The second kappa shape index (κ2) is 4.45. The molecule has 0 amide bonds. The van der Waals surface area contributed by atoms with E-state index in [4.69, 9.17) is 0 Å². The molecular formula is C12H25N. The van der Waals surface area contributed by atoms with E-state index in [0.717, 1.165) is 23.9 Å². The SMILES string of the molecule is CC(C)C1CC[C@@H](C)N(C(C)C)C1. The van der Waals surface area contributed by atoms with Gasteiger partial charge in [-0.25, -0.2) is 0 Å². The van der Waals surface area contributed by atoms with Crippen LogP contribution in [0.3, 0.4) is 0 Å². The molecule has 0 aromatic heterocycles. The van der Waals surface area contributed by atoms with Gasteiger partial charge in [0.2, 0.25) is 0 Å². The lowest BCUT2D eigenvalue weighted by Crippen LogP contribution is -2.46. The summed E-state index contributed by atoms with van der Waals surface area (Å²) in [6.07, 6.45) is 2.82. The number of piperidine rings is 1. The maximum absolute atomic E-state index is 2.66. The molecular weight excluding hydrogens is 158 g/mol. The fourth-order valence-electron chi connectivity index (χ4n) is 2.43. The zero-order chi connectivity index (χ0) is 10.0. The number of hydrogen-bond donors (Lipinski definition) is 0. The second-order valence-electron chi connectivity index (χ2n) is 5.22. The third kappa shape index (κ3) is 2.70. The van der Waals surface area contributed by atoms with Gasteiger partial charge in [-0.1, -0.05) is 13.8 Å². The number of likely N-dealkylation sites (tertiary alicyclic amines) is 1. The Kier molecular flexibility index (Phi) is 3.78. The maximum Gasteiger partial charge on any atom is 0.00698 e. The first-order valence-corrected chi connectivity index (χ1v) is 5.78. The van der Waals surface area contributed by atoms with Crippen LogP contribution in [0.1, 0.15) is 47.5 Å². The third-order valence-corrected chi connectivity index (χ3v) is 3.57. The lowest BCUT2D eigenvalue weighted by atomic mass is 9.85. The Morgan fingerprint density at radius 1 is 1.08 bits per heavy atom. The van der Waals surface area contributed by atoms with Crippen LogP contribution in [0.5, 0.6) is 0 Å². The molecule has 1 rings (SSSR count). The van der Waals surface area contributed by atoms with Gasteiger partial charge in [0.05, 0.1) is 0 Å². The highest BCUT2D eigenvalue weighted by atomic mass is 15.2. The van der Waals surface area contributed by atoms with Gasteiger partial charge < -0.3 is 0 Å². The molecule has 1 nitrogen and oxygen atoms in total. The first kappa shape index (κ1) is 11.0. The zero-order valence-corrected chi connectivity index (χ0v) is 9.88. The predicted molar refractivity (Wildman–Crippen MR) is 58.9 cm³/mol. The highest BCUT2D eigenvalue weighted by molar-refractivity contribution is 4.82. The van der Waals surface area contributed by atoms with E-state index >= 15 is 0 Å². The molecule has 13 heavy (non-hydrogen) atoms. The Hall–Kier alpha value is -0.0400. The summed E-state index contributed by atoms with van der Waals surface area (Å²) in [5.41, 5.74) is 0. The fraction of sp³-hybridized carbons (Fsp3) is 1.00. The van der Waals surface area contributed by atoms with Crippen LogP contribution in [0.25, 0.3) is 0 Å². The van der Waals surface area contributed by atoms with E-state index in [2.05, 4.69) is 39.5 Å². The molecule has 1 aliphatic rings. The molecule has 0 bridgehead atoms. The molecule has 1 unspecified atom stereocenters. The van der Waals surface area contributed by atoms with Gasteiger partial charge in [-0.2, -0.15) is 0 Å². The first-order valence-electron chi connectivity index (χ1n) is 5.78. The van der Waals surface area contributed by atoms with Gasteiger partial charge in [-0.3, -0.25) is 4.90 Å². The minimum Gasteiger partial charge on any atom is -0.298 e. The molecule has 2 atom stereocenters. The van der Waals surface area contributed by atoms with Crippen molar-refractivity contribution in [1.82, 2.24) is 4.90 Å². The van der Waals surface area contributed by atoms with Crippen molar-refractivity contribution in [2.45, 2.75) is 59.5 Å². The Morgan fingerprint density at radius 3 is 2.15 bits per heavy atom. The van der Waals surface area contributed by atoms with Gasteiger partial charge in [-0.05, 0) is 45.4 Å². The van der Waals surface area contributed by atoms with Crippen molar-refractivity contribution >= 4 is 0 Å². The van der Waals surface area contributed by atoms with Gasteiger partial charge in [0.1, 0.15) is 0 Å². The molecule has 78 valence electrons. The Balaban J connectivity index is 2.53. The van der Waals surface area contributed by atoms with Gasteiger partial charge in [0.15, 0.2) is 0 Å². The summed E-state index contributed by atoms with van der Waals surface area (Å²) >= 11 is 0. The van der Waals surface area contributed by atoms with Crippen molar-refractivity contribution in [2.24, 2.45) is 11.8 Å². The van der Waals surface area contributed by atoms with Crippen molar-refractivity contribution in [3.8, 4) is 0 Å². The molecule has 1 fully saturated rings. The molecule has 0 spiro atoms. The molecule has 1 saturated heterocycles. The number of nitrogens with zero attached hydrogens (tertiary/aromatic N) is 1. The summed E-state index contributed by atoms with van der Waals surface area (Å²) in [5, 5.41) is 0. The molecule has 0 aromatic carbocycles. The number of rotatable bonds is 2. The smallest absolute Gasteiger partial charge is 0.00698 e. The second-order valence-corrected chi connectivity index (χ2v) is 5.22. The standard InChI is InChI=1S/C12H25N/c1-9(2)12-7-6-11(5)13(8-12)10(3)4/h9-12H,6-8H2,1-5H3/t11-,12?/m1/s1. The average Bonchev–Trinajstić information content (AvgIpc) is 2.04. The van der Waals surface area contributed by atoms with E-state index in [1.54, 1.807) is 0 Å². The van der Waals surface area contributed by atoms with E-state index < -0.39 is 0 Å². The molecule has 1 aliphatic heterocycles. The van der Waals surface area contributed by atoms with Crippen molar-refractivity contribution in [3.05, 3.63) is 0 Å². The van der Waals surface area contributed by atoms with Crippen LogP contribution in [0.4, 0.5) is 0 Å². The highest BCUT2D eigenvalue weighted by Gasteiger charge is 2.28. The summed E-state index contributed by atoms with van der Waals surface area (Å²) in [6.45, 7) is 13.0. The van der Waals surface area contributed by atoms with Crippen LogP contribution < -0.4 is 0 Å². The highest BCUT2D eigenvalue weighted by Crippen LogP contribution is 2.28. The summed E-state index contributed by atoms with van der Waals surface area (Å²) in [4.78, 5) is 2.66. The summed E-state index contributed by atoms with van der Waals surface area (Å²) in [5.74, 6) is 1.78. The van der Waals surface area contributed by atoms with E-state index in [9.17, 15) is 0 Å².